The van der Waals surface area contributed by atoms with Crippen molar-refractivity contribution in [2.24, 2.45) is 0 Å². The second-order valence-electron chi connectivity index (χ2n) is 5.24. The van der Waals surface area contributed by atoms with Crippen LogP contribution in [0, 0.1) is 0 Å². The Balaban J connectivity index is 4.19. The van der Waals surface area contributed by atoms with E-state index in [0.29, 0.717) is 0 Å². The van der Waals surface area contributed by atoms with Gasteiger partial charge in [0.05, 0.1) is 0 Å². The Labute approximate surface area is 109 Å². The first-order valence-electron chi connectivity index (χ1n) is 6.39. The molecule has 0 aromatic carbocycles. The van der Waals surface area contributed by atoms with Crippen LogP contribution in [-0.4, -0.2) is 29.8 Å². The number of nitrogens with one attached hydrogen (secondary N) is 1. The first kappa shape index (κ1) is 16.7. The molecule has 0 heterocycles. The van der Waals surface area contributed by atoms with Gasteiger partial charge in [-0.05, 0) is 40.5 Å². The van der Waals surface area contributed by atoms with Crippen LogP contribution in [0.2, 0.25) is 0 Å². The largest absolute Gasteiger partial charge is 0.461 e. The van der Waals surface area contributed by atoms with Crippen LogP contribution in [0.1, 0.15) is 54.4 Å². The zero-order valence-corrected chi connectivity index (χ0v) is 12.2. The van der Waals surface area contributed by atoms with Gasteiger partial charge in [0, 0.05) is 0 Å². The molecule has 18 heavy (non-hydrogen) atoms. The summed E-state index contributed by atoms with van der Waals surface area (Å²) in [4.78, 5) is 23.1. The van der Waals surface area contributed by atoms with E-state index in [9.17, 15) is 9.59 Å². The summed E-state index contributed by atoms with van der Waals surface area (Å²) in [6, 6.07) is -0.708. The molecule has 0 saturated carbocycles. The van der Waals surface area contributed by atoms with Gasteiger partial charge in [0.2, 0.25) is 0 Å². The van der Waals surface area contributed by atoms with E-state index in [4.69, 9.17) is 9.47 Å². The van der Waals surface area contributed by atoms with E-state index in [2.05, 4.69) is 5.32 Å². The summed E-state index contributed by atoms with van der Waals surface area (Å²) in [5.41, 5.74) is -0.580. The van der Waals surface area contributed by atoms with Gasteiger partial charge in [0.1, 0.15) is 17.7 Å². The molecular formula is C13H25NO4. The number of carbonyl (C=O) groups excluding carboxylic acids is 2. The second kappa shape index (κ2) is 7.24. The highest BCUT2D eigenvalue weighted by molar-refractivity contribution is 5.81. The molecule has 1 atom stereocenters. The van der Waals surface area contributed by atoms with Crippen molar-refractivity contribution in [1.82, 2.24) is 5.32 Å². The van der Waals surface area contributed by atoms with E-state index in [0.717, 1.165) is 12.8 Å². The van der Waals surface area contributed by atoms with E-state index in [1.807, 2.05) is 13.8 Å². The number of ether oxygens (including phenoxy) is 2. The highest BCUT2D eigenvalue weighted by Crippen LogP contribution is 2.08. The molecule has 0 aliphatic carbocycles. The SMILES string of the molecule is CCC(CC)OC(=O)C(C)NC(=O)OC(C)(C)C. The van der Waals surface area contributed by atoms with Crippen LogP contribution in [0.25, 0.3) is 0 Å². The third-order valence-electron chi connectivity index (χ3n) is 2.28. The topological polar surface area (TPSA) is 64.6 Å². The van der Waals surface area contributed by atoms with E-state index < -0.39 is 23.7 Å². The molecule has 1 amide bonds. The van der Waals surface area contributed by atoms with Crippen molar-refractivity contribution in [2.45, 2.75) is 72.1 Å². The predicted molar refractivity (Wildman–Crippen MR) is 69.3 cm³/mol. The minimum absolute atomic E-state index is 0.0969. The third kappa shape index (κ3) is 7.14. The van der Waals surface area contributed by atoms with Crippen LogP contribution < -0.4 is 5.32 Å². The lowest BCUT2D eigenvalue weighted by atomic mass is 10.2. The van der Waals surface area contributed by atoms with Crippen LogP contribution in [0.3, 0.4) is 0 Å². The van der Waals surface area contributed by atoms with Crippen molar-refractivity contribution in [3.8, 4) is 0 Å². The fourth-order valence-corrected chi connectivity index (χ4v) is 1.26. The number of hydrogen-bond acceptors (Lipinski definition) is 4. The highest BCUT2D eigenvalue weighted by atomic mass is 16.6. The maximum Gasteiger partial charge on any atom is 0.408 e. The van der Waals surface area contributed by atoms with Gasteiger partial charge < -0.3 is 14.8 Å². The quantitative estimate of drug-likeness (QED) is 0.771. The molecule has 0 spiro atoms. The van der Waals surface area contributed by atoms with Crippen molar-refractivity contribution in [2.75, 3.05) is 0 Å². The fourth-order valence-electron chi connectivity index (χ4n) is 1.26. The van der Waals surface area contributed by atoms with Crippen molar-refractivity contribution in [3.63, 3.8) is 0 Å². The summed E-state index contributed by atoms with van der Waals surface area (Å²) in [7, 11) is 0. The number of carbonyl (C=O) groups is 2. The highest BCUT2D eigenvalue weighted by Gasteiger charge is 2.23. The number of amides is 1. The fraction of sp³-hybridized carbons (Fsp3) is 0.846. The minimum atomic E-state index is -0.708. The number of alkyl carbamates (subject to hydrolysis) is 1. The summed E-state index contributed by atoms with van der Waals surface area (Å²) in [6.07, 6.45) is 0.819. The van der Waals surface area contributed by atoms with Gasteiger partial charge in [0.15, 0.2) is 0 Å². The summed E-state index contributed by atoms with van der Waals surface area (Å²) < 4.78 is 10.3. The smallest absolute Gasteiger partial charge is 0.408 e. The molecule has 0 rings (SSSR count). The second-order valence-corrected chi connectivity index (χ2v) is 5.24. The lowest BCUT2D eigenvalue weighted by Gasteiger charge is -2.22. The normalized spacial score (nSPS) is 13.1. The molecule has 1 N–H and O–H groups in total. The third-order valence-corrected chi connectivity index (χ3v) is 2.28. The molecule has 5 nitrogen and oxygen atoms in total. The van der Waals surface area contributed by atoms with Crippen LogP contribution in [0.4, 0.5) is 4.79 Å². The van der Waals surface area contributed by atoms with Gasteiger partial charge in [-0.2, -0.15) is 0 Å². The Bertz CT molecular complexity index is 279. The summed E-state index contributed by atoms with van der Waals surface area (Å²) >= 11 is 0. The molecule has 0 aliphatic rings. The molecule has 0 fully saturated rings. The molecule has 1 unspecified atom stereocenters. The van der Waals surface area contributed by atoms with Crippen LogP contribution >= 0.6 is 0 Å². The zero-order chi connectivity index (χ0) is 14.3. The molecule has 5 heteroatoms. The monoisotopic (exact) mass is 259 g/mol. The minimum Gasteiger partial charge on any atom is -0.461 e. The van der Waals surface area contributed by atoms with Crippen molar-refractivity contribution >= 4 is 12.1 Å². The molecule has 0 aromatic heterocycles. The van der Waals surface area contributed by atoms with Crippen LogP contribution in [-0.2, 0) is 14.3 Å². The van der Waals surface area contributed by atoms with Crippen LogP contribution in [0.5, 0.6) is 0 Å². The lowest BCUT2D eigenvalue weighted by Crippen LogP contribution is -2.43. The molecular weight excluding hydrogens is 234 g/mol. The maximum absolute atomic E-state index is 11.7. The Morgan fingerprint density at radius 1 is 1.17 bits per heavy atom. The van der Waals surface area contributed by atoms with Gasteiger partial charge in [-0.15, -0.1) is 0 Å². The van der Waals surface area contributed by atoms with E-state index in [-0.39, 0.29) is 6.10 Å². The summed E-state index contributed by atoms with van der Waals surface area (Å²) in [5.74, 6) is -0.436. The molecule has 0 saturated heterocycles. The van der Waals surface area contributed by atoms with Gasteiger partial charge in [-0.1, -0.05) is 13.8 Å². The van der Waals surface area contributed by atoms with E-state index in [1.54, 1.807) is 27.7 Å². The summed E-state index contributed by atoms with van der Waals surface area (Å²) in [5, 5.41) is 2.45. The van der Waals surface area contributed by atoms with Gasteiger partial charge in [-0.25, -0.2) is 9.59 Å². The number of hydrogen-bond donors (Lipinski definition) is 1. The molecule has 0 radical (unpaired) electrons. The summed E-state index contributed by atoms with van der Waals surface area (Å²) in [6.45, 7) is 10.8. The Morgan fingerprint density at radius 3 is 2.06 bits per heavy atom. The van der Waals surface area contributed by atoms with Gasteiger partial charge >= 0.3 is 12.1 Å². The first-order valence-corrected chi connectivity index (χ1v) is 6.39. The predicted octanol–water partition coefficient (Wildman–Crippen LogP) is 2.63. The molecule has 0 bridgehead atoms. The first-order chi connectivity index (χ1) is 8.19. The zero-order valence-electron chi connectivity index (χ0n) is 12.2. The average molecular weight is 259 g/mol. The van der Waals surface area contributed by atoms with Gasteiger partial charge in [-0.3, -0.25) is 0 Å². The molecule has 0 aliphatic heterocycles. The maximum atomic E-state index is 11.7. The molecule has 0 aromatic rings. The standard InChI is InChI=1S/C13H25NO4/c1-7-10(8-2)17-11(15)9(3)14-12(16)18-13(4,5)6/h9-10H,7-8H2,1-6H3,(H,14,16). The van der Waals surface area contributed by atoms with Crippen molar-refractivity contribution in [1.29, 1.82) is 0 Å². The van der Waals surface area contributed by atoms with Gasteiger partial charge in [0.25, 0.3) is 0 Å². The Morgan fingerprint density at radius 2 is 1.67 bits per heavy atom. The van der Waals surface area contributed by atoms with Crippen molar-refractivity contribution in [3.05, 3.63) is 0 Å². The molecule has 106 valence electrons. The van der Waals surface area contributed by atoms with Crippen molar-refractivity contribution < 1.29 is 19.1 Å². The average Bonchev–Trinajstić information content (AvgIpc) is 2.22. The van der Waals surface area contributed by atoms with Crippen LogP contribution in [0.15, 0.2) is 0 Å². The Kier molecular flexibility index (Phi) is 6.73. The number of esters is 1. The number of rotatable bonds is 5. The van der Waals surface area contributed by atoms with E-state index >= 15 is 0 Å². The lowest BCUT2D eigenvalue weighted by molar-refractivity contribution is -0.151. The van der Waals surface area contributed by atoms with E-state index in [1.165, 1.54) is 0 Å². The Hall–Kier alpha value is -1.26.